The number of amides is 2. The molecule has 2 aromatic rings. The smallest absolute Gasteiger partial charge is 0.259 e. The van der Waals surface area contributed by atoms with E-state index in [1.165, 1.54) is 26.8 Å². The van der Waals surface area contributed by atoms with E-state index in [2.05, 4.69) is 4.85 Å². The van der Waals surface area contributed by atoms with E-state index in [-0.39, 0.29) is 34.1 Å². The van der Waals surface area contributed by atoms with Gasteiger partial charge >= 0.3 is 0 Å². The Kier molecular flexibility index (Phi) is 3.26. The van der Waals surface area contributed by atoms with Gasteiger partial charge in [-0.15, -0.1) is 0 Å². The number of thiocarbonyl (C=S) groups is 1. The van der Waals surface area contributed by atoms with Crippen molar-refractivity contribution in [1.29, 1.82) is 0 Å². The van der Waals surface area contributed by atoms with Crippen LogP contribution in [0.5, 0.6) is 0 Å². The third kappa shape index (κ3) is 3.23. The molecule has 0 saturated carbocycles. The van der Waals surface area contributed by atoms with Crippen LogP contribution in [-0.2, 0) is 4.79 Å². The van der Waals surface area contributed by atoms with Gasteiger partial charge in [-0.2, -0.15) is 0 Å². The predicted octanol–water partition coefficient (Wildman–Crippen LogP) is 3.96. The summed E-state index contributed by atoms with van der Waals surface area (Å²) in [6.07, 6.45) is 0. The van der Waals surface area contributed by atoms with Gasteiger partial charge in [0.05, 0.1) is 17.6 Å². The highest BCUT2D eigenvalue weighted by Gasteiger charge is 2.50. The zero-order valence-corrected chi connectivity index (χ0v) is 16.4. The number of hydrogen-bond acceptors (Lipinski definition) is 3. The minimum atomic E-state index is -2.93. The third-order valence-electron chi connectivity index (χ3n) is 4.45. The molecule has 0 atom stereocenters. The fourth-order valence-electron chi connectivity index (χ4n) is 2.89. The molecule has 0 aliphatic carbocycles. The van der Waals surface area contributed by atoms with Crippen LogP contribution in [0.15, 0.2) is 36.3 Å². The Labute approximate surface area is 183 Å². The summed E-state index contributed by atoms with van der Waals surface area (Å²) in [5, 5.41) is 1.25. The lowest BCUT2D eigenvalue weighted by atomic mass is 10.0. The summed E-state index contributed by atoms with van der Waals surface area (Å²) in [5.74, 6) is -3.50. The first-order valence-electron chi connectivity index (χ1n) is 11.7. The molecule has 2 aromatic carbocycles. The first-order valence-corrected chi connectivity index (χ1v) is 8.65. The van der Waals surface area contributed by atoms with E-state index in [1.54, 1.807) is 5.32 Å². The number of carbonyl (C=O) groups excluding carboxylic acids is 2. The van der Waals surface area contributed by atoms with Crippen molar-refractivity contribution >= 4 is 46.2 Å². The quantitative estimate of drug-likeness (QED) is 0.607. The van der Waals surface area contributed by atoms with E-state index >= 15 is 4.39 Å². The van der Waals surface area contributed by atoms with Crippen LogP contribution < -0.4 is 15.1 Å². The zero-order valence-electron chi connectivity index (χ0n) is 22.6. The molecule has 1 heterocycles. The maximum absolute atomic E-state index is 15.1. The maximum atomic E-state index is 15.1. The van der Waals surface area contributed by atoms with E-state index in [9.17, 15) is 9.59 Å². The summed E-state index contributed by atoms with van der Waals surface area (Å²) < 4.78 is 69.9. The first-order chi connectivity index (χ1) is 16.5. The lowest BCUT2D eigenvalue weighted by Gasteiger charge is -2.29. The van der Waals surface area contributed by atoms with Crippen molar-refractivity contribution in [3.05, 3.63) is 64.7 Å². The normalized spacial score (nSPS) is 19.3. The van der Waals surface area contributed by atoms with E-state index in [1.807, 2.05) is 0 Å². The Hall–Kier alpha value is -3.31. The molecule has 0 unspecified atom stereocenters. The zero-order chi connectivity index (χ0) is 27.5. The first kappa shape index (κ1) is 13.0. The molecule has 2 amide bonds. The molecule has 1 aliphatic heterocycles. The highest BCUT2D eigenvalue weighted by atomic mass is 32.1. The van der Waals surface area contributed by atoms with Crippen molar-refractivity contribution in [2.45, 2.75) is 26.3 Å². The van der Waals surface area contributed by atoms with Gasteiger partial charge < -0.3 is 10.2 Å². The molecule has 3 rings (SSSR count). The average Bonchev–Trinajstić information content (AvgIpc) is 2.92. The van der Waals surface area contributed by atoms with Crippen LogP contribution in [-0.4, -0.2) is 29.4 Å². The number of nitrogens with one attached hydrogen (secondary N) is 1. The summed E-state index contributed by atoms with van der Waals surface area (Å²) in [5.41, 5.74) is -2.86. The standard InChI is InChI=1S/C21H19FN4O2S/c1-12-10-13(7-9-17(12)23-4)25-19(28)21(2,3)26(20(25)29)14-6-8-15(16(22)11-14)18(27)24-5/h6-11H,1-3,5H3,(H,24,27)/i5D3,6D,7D,10D,11D. The largest absolute Gasteiger partial charge is 0.355 e. The molecular formula is C21H19FN4O2S. The molecule has 1 N–H and O–H groups in total. The Balaban J connectivity index is 2.20. The molecule has 29 heavy (non-hydrogen) atoms. The molecule has 0 spiro atoms. The second-order valence-electron chi connectivity index (χ2n) is 6.65. The Morgan fingerprint density at radius 2 is 2.03 bits per heavy atom. The van der Waals surface area contributed by atoms with Crippen LogP contribution >= 0.6 is 12.2 Å². The van der Waals surface area contributed by atoms with Crippen LogP contribution in [0.25, 0.3) is 4.85 Å². The predicted molar refractivity (Wildman–Crippen MR) is 114 cm³/mol. The molecular weight excluding hydrogens is 391 g/mol. The molecule has 0 bridgehead atoms. The van der Waals surface area contributed by atoms with Gasteiger partial charge in [0, 0.05) is 22.5 Å². The highest BCUT2D eigenvalue weighted by Crippen LogP contribution is 2.37. The summed E-state index contributed by atoms with van der Waals surface area (Å²) in [4.78, 5) is 30.9. The monoisotopic (exact) mass is 417 g/mol. The van der Waals surface area contributed by atoms with Gasteiger partial charge in [-0.1, -0.05) is 6.07 Å². The number of benzene rings is 2. The van der Waals surface area contributed by atoms with Crippen molar-refractivity contribution in [1.82, 2.24) is 5.32 Å². The molecule has 0 aromatic heterocycles. The van der Waals surface area contributed by atoms with Crippen molar-refractivity contribution in [2.24, 2.45) is 0 Å². The Morgan fingerprint density at radius 1 is 1.34 bits per heavy atom. The molecule has 1 fully saturated rings. The lowest BCUT2D eigenvalue weighted by molar-refractivity contribution is -0.120. The number of carbonyl (C=O) groups is 2. The fraction of sp³-hybridized carbons (Fsp3) is 0.238. The van der Waals surface area contributed by atoms with Gasteiger partial charge in [0.2, 0.25) is 0 Å². The van der Waals surface area contributed by atoms with Crippen molar-refractivity contribution in [3.63, 3.8) is 0 Å². The second-order valence-corrected chi connectivity index (χ2v) is 7.01. The molecule has 1 saturated heterocycles. The summed E-state index contributed by atoms with van der Waals surface area (Å²) in [7, 11) is 0. The second kappa shape index (κ2) is 7.26. The average molecular weight is 418 g/mol. The van der Waals surface area contributed by atoms with Crippen LogP contribution in [0.3, 0.4) is 0 Å². The van der Waals surface area contributed by atoms with Gasteiger partial charge in [-0.25, -0.2) is 9.24 Å². The summed E-state index contributed by atoms with van der Waals surface area (Å²) in [6, 6.07) is -0.257. The van der Waals surface area contributed by atoms with Crippen molar-refractivity contribution in [3.8, 4) is 0 Å². The highest BCUT2D eigenvalue weighted by molar-refractivity contribution is 7.81. The number of hydrogen-bond donors (Lipinski definition) is 1. The third-order valence-corrected chi connectivity index (χ3v) is 4.81. The van der Waals surface area contributed by atoms with Crippen LogP contribution in [0.2, 0.25) is 0 Å². The van der Waals surface area contributed by atoms with Crippen LogP contribution in [0.4, 0.5) is 21.5 Å². The summed E-state index contributed by atoms with van der Waals surface area (Å²) >= 11 is 5.46. The van der Waals surface area contributed by atoms with Crippen molar-refractivity contribution < 1.29 is 23.6 Å². The molecule has 6 nitrogen and oxygen atoms in total. The molecule has 8 heteroatoms. The number of nitrogens with zero attached hydrogens (tertiary/aromatic N) is 3. The SMILES string of the molecule is [2H]c1cc([N+]#[C-])c(C)c([2H])c1N1C(=O)C(C)(C)N(c2c([2H])cc(C(=O)NC([2H])([2H])[2H])c(F)c2[2H])C1=S. The van der Waals surface area contributed by atoms with E-state index in [0.717, 1.165) is 15.9 Å². The van der Waals surface area contributed by atoms with Crippen molar-refractivity contribution in [2.75, 3.05) is 16.8 Å². The minimum Gasteiger partial charge on any atom is -0.355 e. The lowest BCUT2D eigenvalue weighted by Crippen LogP contribution is -2.44. The van der Waals surface area contributed by atoms with E-state index in [4.69, 9.17) is 28.4 Å². The van der Waals surface area contributed by atoms with Gasteiger partial charge in [0.1, 0.15) is 11.4 Å². The Morgan fingerprint density at radius 3 is 2.69 bits per heavy atom. The summed E-state index contributed by atoms with van der Waals surface area (Å²) in [6.45, 7) is 8.54. The fourth-order valence-corrected chi connectivity index (χ4v) is 3.38. The van der Waals surface area contributed by atoms with Gasteiger partial charge in [0.25, 0.3) is 11.8 Å². The minimum absolute atomic E-state index is 0.0531. The number of halogens is 1. The molecule has 1 aliphatic rings. The number of rotatable bonds is 3. The maximum Gasteiger partial charge on any atom is 0.259 e. The molecule has 148 valence electrons. The topological polar surface area (TPSA) is 57.0 Å². The van der Waals surface area contributed by atoms with Crippen LogP contribution in [0.1, 0.15) is 39.4 Å². The van der Waals surface area contributed by atoms with Gasteiger partial charge in [-0.05, 0) is 68.8 Å². The van der Waals surface area contributed by atoms with E-state index in [0.29, 0.717) is 0 Å². The van der Waals surface area contributed by atoms with Crippen LogP contribution in [0, 0.1) is 19.3 Å². The van der Waals surface area contributed by atoms with E-state index < -0.39 is 53.5 Å². The number of anilines is 2. The van der Waals surface area contributed by atoms with Gasteiger partial charge in [-0.3, -0.25) is 14.5 Å². The Bertz CT molecular complexity index is 1390. The van der Waals surface area contributed by atoms with Gasteiger partial charge in [0.15, 0.2) is 10.8 Å². The molecule has 0 radical (unpaired) electrons.